The number of rotatable bonds is 6. The van der Waals surface area contributed by atoms with Gasteiger partial charge in [0.25, 0.3) is 0 Å². The summed E-state index contributed by atoms with van der Waals surface area (Å²) < 4.78 is 13.3. The van der Waals surface area contributed by atoms with Crippen LogP contribution in [0.5, 0.6) is 0 Å². The lowest BCUT2D eigenvalue weighted by Crippen LogP contribution is -2.22. The van der Waals surface area contributed by atoms with Gasteiger partial charge in [0.2, 0.25) is 0 Å². The van der Waals surface area contributed by atoms with Crippen LogP contribution in [0.4, 0.5) is 4.39 Å². The van der Waals surface area contributed by atoms with Crippen molar-refractivity contribution in [3.05, 3.63) is 35.6 Å². The Morgan fingerprint density at radius 2 is 2.06 bits per heavy atom. The van der Waals surface area contributed by atoms with E-state index < -0.39 is 0 Å². The first-order valence-corrected chi connectivity index (χ1v) is 5.53. The third kappa shape index (κ3) is 4.41. The Bertz CT molecular complexity index is 357. The van der Waals surface area contributed by atoms with Crippen LogP contribution in [0.1, 0.15) is 18.4 Å². The minimum Gasteiger partial charge on any atom is -0.306 e. The molecule has 2 nitrogen and oxygen atoms in total. The molecular formula is C13H17FN2. The Balaban J connectivity index is 2.29. The van der Waals surface area contributed by atoms with Crippen LogP contribution in [0.25, 0.3) is 0 Å². The first-order valence-electron chi connectivity index (χ1n) is 5.53. The maximum Gasteiger partial charge on any atom is 0.126 e. The third-order valence-electron chi connectivity index (χ3n) is 2.55. The molecule has 0 aromatic heterocycles. The second-order valence-electron chi connectivity index (χ2n) is 3.91. The summed E-state index contributed by atoms with van der Waals surface area (Å²) >= 11 is 0. The number of likely N-dealkylation sites (N-methyl/N-ethyl adjacent to an activating group) is 1. The van der Waals surface area contributed by atoms with Crippen LogP contribution in [-0.2, 0) is 6.42 Å². The summed E-state index contributed by atoms with van der Waals surface area (Å²) in [6.07, 6.45) is 2.18. The van der Waals surface area contributed by atoms with E-state index in [9.17, 15) is 4.39 Å². The van der Waals surface area contributed by atoms with E-state index in [4.69, 9.17) is 5.26 Å². The molecule has 1 rings (SSSR count). The van der Waals surface area contributed by atoms with E-state index in [1.807, 2.05) is 19.2 Å². The van der Waals surface area contributed by atoms with E-state index in [0.29, 0.717) is 6.42 Å². The highest BCUT2D eigenvalue weighted by molar-refractivity contribution is 5.17. The van der Waals surface area contributed by atoms with Crippen molar-refractivity contribution in [2.45, 2.75) is 19.3 Å². The van der Waals surface area contributed by atoms with Gasteiger partial charge >= 0.3 is 0 Å². The Hall–Kier alpha value is -1.40. The summed E-state index contributed by atoms with van der Waals surface area (Å²) in [7, 11) is 2.00. The zero-order chi connectivity index (χ0) is 11.8. The molecule has 0 aliphatic rings. The lowest BCUT2D eigenvalue weighted by molar-refractivity contribution is 0.333. The highest BCUT2D eigenvalue weighted by Gasteiger charge is 2.02. The highest BCUT2D eigenvalue weighted by Crippen LogP contribution is 2.07. The maximum absolute atomic E-state index is 13.3. The number of halogens is 1. The highest BCUT2D eigenvalue weighted by atomic mass is 19.1. The van der Waals surface area contributed by atoms with Crippen LogP contribution in [0, 0.1) is 17.1 Å². The summed E-state index contributed by atoms with van der Waals surface area (Å²) in [6, 6.07) is 8.99. The van der Waals surface area contributed by atoms with Crippen molar-refractivity contribution in [3.63, 3.8) is 0 Å². The fourth-order valence-electron chi connectivity index (χ4n) is 1.55. The van der Waals surface area contributed by atoms with Crippen LogP contribution in [0.15, 0.2) is 24.3 Å². The second-order valence-corrected chi connectivity index (χ2v) is 3.91. The van der Waals surface area contributed by atoms with Gasteiger partial charge in [-0.25, -0.2) is 4.39 Å². The zero-order valence-corrected chi connectivity index (χ0v) is 9.62. The average Bonchev–Trinajstić information content (AvgIpc) is 2.28. The third-order valence-corrected chi connectivity index (χ3v) is 2.55. The van der Waals surface area contributed by atoms with Crippen molar-refractivity contribution in [1.82, 2.24) is 4.90 Å². The predicted octanol–water partition coefficient (Wildman–Crippen LogP) is 2.60. The van der Waals surface area contributed by atoms with E-state index in [0.717, 1.165) is 31.5 Å². The van der Waals surface area contributed by atoms with Gasteiger partial charge in [0.05, 0.1) is 6.07 Å². The number of nitriles is 1. The summed E-state index contributed by atoms with van der Waals surface area (Å²) in [5, 5.41) is 8.41. The van der Waals surface area contributed by atoms with E-state index in [1.54, 1.807) is 6.07 Å². The fourth-order valence-corrected chi connectivity index (χ4v) is 1.55. The second kappa shape index (κ2) is 6.97. The average molecular weight is 220 g/mol. The fraction of sp³-hybridized carbons (Fsp3) is 0.462. The minimum absolute atomic E-state index is 0.132. The maximum atomic E-state index is 13.3. The molecule has 0 spiro atoms. The van der Waals surface area contributed by atoms with Crippen LogP contribution < -0.4 is 0 Å². The van der Waals surface area contributed by atoms with Crippen LogP contribution in [0.3, 0.4) is 0 Å². The monoisotopic (exact) mass is 220 g/mol. The van der Waals surface area contributed by atoms with Gasteiger partial charge in [0.1, 0.15) is 5.82 Å². The van der Waals surface area contributed by atoms with Crippen molar-refractivity contribution >= 4 is 0 Å². The van der Waals surface area contributed by atoms with Gasteiger partial charge in [-0.3, -0.25) is 0 Å². The van der Waals surface area contributed by atoms with Gasteiger partial charge in [-0.1, -0.05) is 18.2 Å². The molecular weight excluding hydrogens is 203 g/mol. The molecule has 0 aliphatic heterocycles. The molecule has 0 fully saturated rings. The van der Waals surface area contributed by atoms with Gasteiger partial charge in [0.15, 0.2) is 0 Å². The lowest BCUT2D eigenvalue weighted by Gasteiger charge is -2.15. The molecule has 0 bridgehead atoms. The molecule has 0 radical (unpaired) electrons. The van der Waals surface area contributed by atoms with Crippen molar-refractivity contribution < 1.29 is 4.39 Å². The Morgan fingerprint density at radius 3 is 2.75 bits per heavy atom. The lowest BCUT2D eigenvalue weighted by atomic mass is 10.1. The summed E-state index contributed by atoms with van der Waals surface area (Å²) in [4.78, 5) is 2.13. The zero-order valence-electron chi connectivity index (χ0n) is 9.62. The van der Waals surface area contributed by atoms with E-state index in [-0.39, 0.29) is 5.82 Å². The molecule has 1 aromatic rings. The predicted molar refractivity (Wildman–Crippen MR) is 62.4 cm³/mol. The molecule has 0 saturated carbocycles. The van der Waals surface area contributed by atoms with Crippen molar-refractivity contribution in [1.29, 1.82) is 5.26 Å². The number of hydrogen-bond acceptors (Lipinski definition) is 2. The van der Waals surface area contributed by atoms with Crippen molar-refractivity contribution in [2.24, 2.45) is 0 Å². The Morgan fingerprint density at radius 1 is 1.31 bits per heavy atom. The Kier molecular flexibility index (Phi) is 5.52. The number of benzene rings is 1. The topological polar surface area (TPSA) is 27.0 Å². The van der Waals surface area contributed by atoms with E-state index >= 15 is 0 Å². The minimum atomic E-state index is -0.132. The standard InChI is InChI=1S/C13H17FN2/c1-16(10-5-4-9-15)11-8-12-6-2-3-7-13(12)14/h2-3,6-7H,4-5,8,10-11H2,1H3. The molecule has 0 heterocycles. The first-order chi connectivity index (χ1) is 7.74. The summed E-state index contributed by atoms with van der Waals surface area (Å²) in [5.74, 6) is -0.132. The van der Waals surface area contributed by atoms with Gasteiger partial charge in [-0.2, -0.15) is 5.26 Å². The number of unbranched alkanes of at least 4 members (excludes halogenated alkanes) is 1. The molecule has 0 N–H and O–H groups in total. The molecule has 0 aliphatic carbocycles. The van der Waals surface area contributed by atoms with Crippen LogP contribution in [0.2, 0.25) is 0 Å². The van der Waals surface area contributed by atoms with Crippen molar-refractivity contribution in [3.8, 4) is 6.07 Å². The number of hydrogen-bond donors (Lipinski definition) is 0. The number of nitrogens with zero attached hydrogens (tertiary/aromatic N) is 2. The molecule has 0 atom stereocenters. The molecule has 16 heavy (non-hydrogen) atoms. The molecule has 0 amide bonds. The molecule has 1 aromatic carbocycles. The van der Waals surface area contributed by atoms with E-state index in [1.165, 1.54) is 6.07 Å². The largest absolute Gasteiger partial charge is 0.306 e. The van der Waals surface area contributed by atoms with Gasteiger partial charge < -0.3 is 4.90 Å². The normalized spacial score (nSPS) is 10.4. The smallest absolute Gasteiger partial charge is 0.126 e. The van der Waals surface area contributed by atoms with Gasteiger partial charge in [-0.05, 0) is 38.1 Å². The van der Waals surface area contributed by atoms with Gasteiger partial charge in [-0.15, -0.1) is 0 Å². The molecule has 0 saturated heterocycles. The van der Waals surface area contributed by atoms with Crippen LogP contribution >= 0.6 is 0 Å². The summed E-state index contributed by atoms with van der Waals surface area (Å²) in [6.45, 7) is 1.72. The van der Waals surface area contributed by atoms with Gasteiger partial charge in [0, 0.05) is 13.0 Å². The molecule has 0 unspecified atom stereocenters. The quantitative estimate of drug-likeness (QED) is 0.689. The first kappa shape index (κ1) is 12.7. The molecule has 3 heteroatoms. The van der Waals surface area contributed by atoms with Crippen LogP contribution in [-0.4, -0.2) is 25.0 Å². The molecule has 86 valence electrons. The SMILES string of the molecule is CN(CCCC#N)CCc1ccccc1F. The van der Waals surface area contributed by atoms with E-state index in [2.05, 4.69) is 11.0 Å². The summed E-state index contributed by atoms with van der Waals surface area (Å²) in [5.41, 5.74) is 0.759. The van der Waals surface area contributed by atoms with Crippen molar-refractivity contribution in [2.75, 3.05) is 20.1 Å². The Labute approximate surface area is 96.3 Å².